The van der Waals surface area contributed by atoms with Gasteiger partial charge in [0, 0.05) is 19.7 Å². The number of hydrogen-bond donors (Lipinski definition) is 1. The first-order chi connectivity index (χ1) is 8.49. The lowest BCUT2D eigenvalue weighted by molar-refractivity contribution is -0.134. The first-order valence-corrected chi connectivity index (χ1v) is 5.74. The van der Waals surface area contributed by atoms with Crippen LogP contribution in [0.3, 0.4) is 0 Å². The van der Waals surface area contributed by atoms with Crippen molar-refractivity contribution in [2.24, 2.45) is 5.73 Å². The van der Waals surface area contributed by atoms with Crippen molar-refractivity contribution in [1.82, 2.24) is 4.90 Å². The third kappa shape index (κ3) is 3.27. The van der Waals surface area contributed by atoms with Gasteiger partial charge in [-0.05, 0) is 13.0 Å². The summed E-state index contributed by atoms with van der Waals surface area (Å²) in [5.74, 6) is -0.599. The molecule has 0 saturated heterocycles. The molecule has 0 aliphatic heterocycles. The van der Waals surface area contributed by atoms with Gasteiger partial charge in [0.15, 0.2) is 0 Å². The Hall–Kier alpha value is -1.46. The highest BCUT2D eigenvalue weighted by Crippen LogP contribution is 2.21. The number of carbonyl (C=O) groups is 1. The number of carbonyl (C=O) groups excluding carboxylic acids is 1. The lowest BCUT2D eigenvalue weighted by Gasteiger charge is -2.28. The highest BCUT2D eigenvalue weighted by molar-refractivity contribution is 5.82. The van der Waals surface area contributed by atoms with Crippen molar-refractivity contribution in [1.29, 1.82) is 0 Å². The summed E-state index contributed by atoms with van der Waals surface area (Å²) in [5.41, 5.74) is 6.14. The first kappa shape index (κ1) is 14.6. The summed E-state index contributed by atoms with van der Waals surface area (Å²) in [4.78, 5) is 13.4. The number of benzene rings is 1. The number of halogens is 1. The molecule has 18 heavy (non-hydrogen) atoms. The maximum atomic E-state index is 13.6. The Morgan fingerprint density at radius 1 is 1.50 bits per heavy atom. The van der Waals surface area contributed by atoms with Crippen LogP contribution in [0.4, 0.5) is 4.39 Å². The fourth-order valence-corrected chi connectivity index (χ4v) is 1.73. The molecule has 0 spiro atoms. The van der Waals surface area contributed by atoms with Crippen molar-refractivity contribution < 1.29 is 13.9 Å². The van der Waals surface area contributed by atoms with Gasteiger partial charge in [0.1, 0.15) is 11.9 Å². The van der Waals surface area contributed by atoms with Gasteiger partial charge in [-0.25, -0.2) is 4.39 Å². The topological polar surface area (TPSA) is 55.6 Å². The van der Waals surface area contributed by atoms with Crippen LogP contribution in [0.15, 0.2) is 24.3 Å². The van der Waals surface area contributed by atoms with E-state index in [0.29, 0.717) is 5.56 Å². The molecular formula is C13H19FN2O2. The van der Waals surface area contributed by atoms with E-state index in [1.807, 2.05) is 0 Å². The Morgan fingerprint density at radius 3 is 2.67 bits per heavy atom. The lowest BCUT2D eigenvalue weighted by Crippen LogP contribution is -2.45. The summed E-state index contributed by atoms with van der Waals surface area (Å²) in [6.45, 7) is 1.91. The van der Waals surface area contributed by atoms with E-state index in [1.165, 1.54) is 18.1 Å². The van der Waals surface area contributed by atoms with E-state index in [9.17, 15) is 9.18 Å². The maximum absolute atomic E-state index is 13.6. The number of hydrogen-bond acceptors (Lipinski definition) is 3. The monoisotopic (exact) mass is 254 g/mol. The molecule has 0 aliphatic rings. The average Bonchev–Trinajstić information content (AvgIpc) is 2.37. The van der Waals surface area contributed by atoms with E-state index in [2.05, 4.69) is 0 Å². The zero-order chi connectivity index (χ0) is 13.7. The van der Waals surface area contributed by atoms with E-state index in [1.54, 1.807) is 32.2 Å². The number of methoxy groups -OCH3 is 1. The predicted octanol–water partition coefficient (Wildman–Crippen LogP) is 1.32. The summed E-state index contributed by atoms with van der Waals surface area (Å²) in [7, 11) is 3.09. The van der Waals surface area contributed by atoms with Crippen LogP contribution < -0.4 is 5.73 Å². The number of nitrogens with zero attached hydrogens (tertiary/aromatic N) is 1. The molecule has 0 bridgehead atoms. The second kappa shape index (κ2) is 6.47. The van der Waals surface area contributed by atoms with Crippen molar-refractivity contribution >= 4 is 5.91 Å². The molecule has 100 valence electrons. The molecule has 0 fully saturated rings. The molecule has 2 N–H and O–H groups in total. The van der Waals surface area contributed by atoms with Crippen LogP contribution >= 0.6 is 0 Å². The Bertz CT molecular complexity index is 412. The number of likely N-dealkylation sites (N-methyl/N-ethyl adjacent to an activating group) is 1. The van der Waals surface area contributed by atoms with Crippen molar-refractivity contribution in [3.63, 3.8) is 0 Å². The molecule has 2 unspecified atom stereocenters. The van der Waals surface area contributed by atoms with Crippen LogP contribution in [0.2, 0.25) is 0 Å². The van der Waals surface area contributed by atoms with Crippen molar-refractivity contribution in [2.45, 2.75) is 19.0 Å². The maximum Gasteiger partial charge on any atom is 0.242 e. The van der Waals surface area contributed by atoms with Crippen LogP contribution in [-0.2, 0) is 9.53 Å². The van der Waals surface area contributed by atoms with Crippen LogP contribution in [0, 0.1) is 5.82 Å². The summed E-state index contributed by atoms with van der Waals surface area (Å²) in [6, 6.07) is 5.29. The predicted molar refractivity (Wildman–Crippen MR) is 67.4 cm³/mol. The number of amides is 1. The second-order valence-corrected chi connectivity index (χ2v) is 4.21. The summed E-state index contributed by atoms with van der Waals surface area (Å²) >= 11 is 0. The molecule has 1 amide bonds. The Balaban J connectivity index is 2.81. The van der Waals surface area contributed by atoms with Crippen LogP contribution in [0.5, 0.6) is 0 Å². The molecule has 0 saturated carbocycles. The van der Waals surface area contributed by atoms with Gasteiger partial charge in [0.25, 0.3) is 0 Å². The van der Waals surface area contributed by atoms with Crippen LogP contribution in [-0.4, -0.2) is 37.6 Å². The second-order valence-electron chi connectivity index (χ2n) is 4.21. The number of nitrogens with two attached hydrogens (primary N) is 1. The molecule has 0 aromatic heterocycles. The fourth-order valence-electron chi connectivity index (χ4n) is 1.73. The molecule has 1 aromatic carbocycles. The van der Waals surface area contributed by atoms with Gasteiger partial charge in [0.05, 0.1) is 12.6 Å². The molecule has 1 rings (SSSR count). The number of rotatable bonds is 5. The van der Waals surface area contributed by atoms with Gasteiger partial charge < -0.3 is 15.4 Å². The standard InChI is InChI=1S/C13H19FN2O2/c1-9(10-6-4-5-7-11(10)14)16(2)13(17)12(15)8-18-3/h4-7,9,12H,8,15H2,1-3H3. The first-order valence-electron chi connectivity index (χ1n) is 5.74. The minimum absolute atomic E-state index is 0.146. The number of ether oxygens (including phenoxy) is 1. The molecule has 0 radical (unpaired) electrons. The minimum Gasteiger partial charge on any atom is -0.383 e. The Labute approximate surface area is 107 Å². The Kier molecular flexibility index (Phi) is 5.25. The van der Waals surface area contributed by atoms with Crippen molar-refractivity contribution in [3.8, 4) is 0 Å². The molecule has 5 heteroatoms. The smallest absolute Gasteiger partial charge is 0.242 e. The summed E-state index contributed by atoms with van der Waals surface area (Å²) < 4.78 is 18.5. The van der Waals surface area contributed by atoms with Crippen molar-refractivity contribution in [3.05, 3.63) is 35.6 Å². The lowest BCUT2D eigenvalue weighted by atomic mass is 10.1. The fraction of sp³-hybridized carbons (Fsp3) is 0.462. The van der Waals surface area contributed by atoms with Gasteiger partial charge in [-0.15, -0.1) is 0 Å². The van der Waals surface area contributed by atoms with Gasteiger partial charge >= 0.3 is 0 Å². The molecule has 2 atom stereocenters. The van der Waals surface area contributed by atoms with Gasteiger partial charge in [-0.1, -0.05) is 18.2 Å². The molecule has 0 heterocycles. The largest absolute Gasteiger partial charge is 0.383 e. The molecule has 0 aliphatic carbocycles. The SMILES string of the molecule is COCC(N)C(=O)N(C)C(C)c1ccccc1F. The van der Waals surface area contributed by atoms with E-state index < -0.39 is 6.04 Å². The normalized spacial score (nSPS) is 14.1. The van der Waals surface area contributed by atoms with Crippen LogP contribution in [0.1, 0.15) is 18.5 Å². The van der Waals surface area contributed by atoms with Gasteiger partial charge in [-0.2, -0.15) is 0 Å². The molecular weight excluding hydrogens is 235 g/mol. The average molecular weight is 254 g/mol. The highest BCUT2D eigenvalue weighted by atomic mass is 19.1. The highest BCUT2D eigenvalue weighted by Gasteiger charge is 2.24. The van der Waals surface area contributed by atoms with Gasteiger partial charge in [-0.3, -0.25) is 4.79 Å². The quantitative estimate of drug-likeness (QED) is 0.862. The molecule has 1 aromatic rings. The third-order valence-electron chi connectivity index (χ3n) is 2.95. The minimum atomic E-state index is -0.728. The van der Waals surface area contributed by atoms with Gasteiger partial charge in [0.2, 0.25) is 5.91 Å². The zero-order valence-corrected chi connectivity index (χ0v) is 10.9. The van der Waals surface area contributed by atoms with Crippen LogP contribution in [0.25, 0.3) is 0 Å². The third-order valence-corrected chi connectivity index (χ3v) is 2.95. The zero-order valence-electron chi connectivity index (χ0n) is 10.9. The summed E-state index contributed by atoms with van der Waals surface area (Å²) in [5, 5.41) is 0. The Morgan fingerprint density at radius 2 is 2.11 bits per heavy atom. The van der Waals surface area contributed by atoms with E-state index in [0.717, 1.165) is 0 Å². The van der Waals surface area contributed by atoms with Crippen molar-refractivity contribution in [2.75, 3.05) is 20.8 Å². The van der Waals surface area contributed by atoms with E-state index >= 15 is 0 Å². The van der Waals surface area contributed by atoms with E-state index in [-0.39, 0.29) is 24.4 Å². The molecule has 4 nitrogen and oxygen atoms in total. The summed E-state index contributed by atoms with van der Waals surface area (Å²) in [6.07, 6.45) is 0. The van der Waals surface area contributed by atoms with E-state index in [4.69, 9.17) is 10.5 Å².